The van der Waals surface area contributed by atoms with Crippen LogP contribution in [0.15, 0.2) is 132 Å². The Balaban J connectivity index is 0.000000215. The molecular formula is C56H58IrN4OSi-2. The maximum absolute atomic E-state index is 8.87. The molecule has 5 aromatic carbocycles. The summed E-state index contributed by atoms with van der Waals surface area (Å²) in [4.78, 5) is 14.2. The Morgan fingerprint density at radius 2 is 1.46 bits per heavy atom. The number of aromatic nitrogens is 4. The van der Waals surface area contributed by atoms with Crippen molar-refractivity contribution in [2.45, 2.75) is 93.2 Å². The van der Waals surface area contributed by atoms with Gasteiger partial charge < -0.3 is 14.0 Å². The third-order valence-corrected chi connectivity index (χ3v) is 13.0. The van der Waals surface area contributed by atoms with Gasteiger partial charge in [0.05, 0.1) is 30.5 Å². The van der Waals surface area contributed by atoms with Gasteiger partial charge in [-0.25, -0.2) is 4.98 Å². The molecular weight excluding hydrogens is 965 g/mol. The molecule has 0 saturated carbocycles. The molecule has 7 heteroatoms. The number of hydrogen-bond acceptors (Lipinski definition) is 4. The smallest absolute Gasteiger partial charge is 0.216 e. The van der Waals surface area contributed by atoms with Crippen LogP contribution in [0.4, 0.5) is 0 Å². The van der Waals surface area contributed by atoms with Crippen LogP contribution in [0.2, 0.25) is 19.6 Å². The number of fused-ring (bicyclic) bond motifs is 4. The Hall–Kier alpha value is -5.46. The monoisotopic (exact) mass is 1030 g/mol. The number of hydrogen-bond donors (Lipinski definition) is 0. The predicted octanol–water partition coefficient (Wildman–Crippen LogP) is 14.7. The molecule has 0 unspecified atom stereocenters. The van der Waals surface area contributed by atoms with E-state index in [0.717, 1.165) is 38.8 Å². The summed E-state index contributed by atoms with van der Waals surface area (Å²) in [6.45, 7) is 18.3. The first-order chi connectivity index (χ1) is 31.6. The molecule has 0 bridgehead atoms. The summed E-state index contributed by atoms with van der Waals surface area (Å²) in [7, 11) is -2.22. The van der Waals surface area contributed by atoms with E-state index in [1.807, 2.05) is 82.9 Å². The molecule has 0 N–H and O–H groups in total. The van der Waals surface area contributed by atoms with Gasteiger partial charge in [-0.3, -0.25) is 4.98 Å². The van der Waals surface area contributed by atoms with Crippen molar-refractivity contribution in [3.8, 4) is 39.5 Å². The van der Waals surface area contributed by atoms with Crippen LogP contribution in [0.25, 0.3) is 72.6 Å². The second-order valence-electron chi connectivity index (χ2n) is 18.7. The van der Waals surface area contributed by atoms with E-state index in [9.17, 15) is 0 Å². The zero-order chi connectivity index (χ0) is 48.2. The number of furan rings is 1. The van der Waals surface area contributed by atoms with E-state index in [-0.39, 0.29) is 25.8 Å². The average Bonchev–Trinajstić information content (AvgIpc) is 3.87. The topological polar surface area (TPSA) is 56.7 Å². The normalized spacial score (nSPS) is 13.6. The van der Waals surface area contributed by atoms with Crippen LogP contribution in [0.3, 0.4) is 0 Å². The molecule has 9 rings (SSSR count). The minimum atomic E-state index is -2.41. The van der Waals surface area contributed by atoms with E-state index in [1.54, 1.807) is 18.3 Å². The molecule has 4 heterocycles. The zero-order valence-electron chi connectivity index (χ0n) is 42.8. The number of benzene rings is 5. The molecule has 1 radical (unpaired) electrons. The van der Waals surface area contributed by atoms with E-state index in [4.69, 9.17) is 16.3 Å². The molecule has 0 amide bonds. The van der Waals surface area contributed by atoms with E-state index < -0.39 is 26.7 Å². The van der Waals surface area contributed by atoms with Crippen LogP contribution in [0, 0.1) is 24.4 Å². The van der Waals surface area contributed by atoms with Crippen LogP contribution in [0.5, 0.6) is 0 Å². The number of aryl methyl sites for hydroxylation is 1. The van der Waals surface area contributed by atoms with Crippen molar-refractivity contribution in [2.24, 2.45) is 5.41 Å². The summed E-state index contributed by atoms with van der Waals surface area (Å²) in [5, 5.41) is 2.61. The van der Waals surface area contributed by atoms with Gasteiger partial charge in [0.25, 0.3) is 0 Å². The molecule has 323 valence electrons. The van der Waals surface area contributed by atoms with Gasteiger partial charge in [-0.15, -0.1) is 54.1 Å². The van der Waals surface area contributed by atoms with Crippen LogP contribution >= 0.6 is 0 Å². The molecule has 0 fully saturated rings. The van der Waals surface area contributed by atoms with Gasteiger partial charge in [0.15, 0.2) is 0 Å². The minimum Gasteiger partial charge on any atom is -0.486 e. The van der Waals surface area contributed by atoms with Crippen LogP contribution in [-0.4, -0.2) is 27.6 Å². The molecule has 0 atom stereocenters. The molecule has 0 saturated heterocycles. The average molecular weight is 1030 g/mol. The van der Waals surface area contributed by atoms with Crippen molar-refractivity contribution in [2.75, 3.05) is 0 Å². The van der Waals surface area contributed by atoms with E-state index in [2.05, 4.69) is 121 Å². The summed E-state index contributed by atoms with van der Waals surface area (Å²) >= 11 is 0. The number of para-hydroxylation sites is 2. The fourth-order valence-electron chi connectivity index (χ4n) is 8.28. The quantitative estimate of drug-likeness (QED) is 0.112. The fraction of sp³-hybridized carbons (Fsp3) is 0.268. The number of pyridine rings is 2. The van der Waals surface area contributed by atoms with Gasteiger partial charge in [-0.2, -0.15) is 0 Å². The van der Waals surface area contributed by atoms with Crippen molar-refractivity contribution in [1.82, 2.24) is 19.5 Å². The summed E-state index contributed by atoms with van der Waals surface area (Å²) < 4.78 is 50.6. The van der Waals surface area contributed by atoms with Gasteiger partial charge in [0.1, 0.15) is 0 Å². The SMILES string of the molecule is CC(C)c1cc(-c2ccccc2)cc(C(C)C)c1-n1c(-c2[c-]ccc3c2oc2ncccc23)nc2ccccc21.[2H]C([2H])([2H])c1nc(-c2[c-]cccc2)cc(C([2H])([2H])C(C)(C)C)c1[Si](C)(C)C.[Ir]. The second-order valence-corrected chi connectivity index (χ2v) is 23.7. The predicted molar refractivity (Wildman–Crippen MR) is 263 cm³/mol. The molecule has 5 nitrogen and oxygen atoms in total. The molecule has 4 aromatic heterocycles. The molecule has 0 aliphatic rings. The van der Waals surface area contributed by atoms with Gasteiger partial charge in [-0.1, -0.05) is 133 Å². The Morgan fingerprint density at radius 3 is 2.11 bits per heavy atom. The Morgan fingerprint density at radius 1 is 0.762 bits per heavy atom. The Labute approximate surface area is 395 Å². The molecule has 0 aliphatic carbocycles. The minimum absolute atomic E-state index is 0. The number of imidazole rings is 1. The van der Waals surface area contributed by atoms with E-state index >= 15 is 0 Å². The first kappa shape index (κ1) is 39.2. The van der Waals surface area contributed by atoms with Crippen LogP contribution < -0.4 is 5.19 Å². The maximum atomic E-state index is 8.87. The standard InChI is InChI=1S/C36H30N3O.C20H28NSi.Ir/c1-22(2)29-20-25(24-12-6-5-7-13-24)21-30(23(3)4)33(29)39-32-18-9-8-17-31(32)38-35(39)28-15-10-14-26-27-16-11-19-37-36(27)40-34(26)28;1-15-19(22(5,6)7)17(14-20(2,3)4)13-18(21-15)16-11-9-8-10-12-16;/h5-14,16-23H,1-4H3;8-11,13H,14H2,1-7H3;/q2*-1;/i;1D3,14D2;. The van der Waals surface area contributed by atoms with Crippen LogP contribution in [-0.2, 0) is 26.5 Å². The van der Waals surface area contributed by atoms with Crippen LogP contribution in [0.1, 0.15) is 89.5 Å². The molecule has 63 heavy (non-hydrogen) atoms. The Bertz CT molecular complexity index is 3210. The summed E-state index contributed by atoms with van der Waals surface area (Å²) in [5.41, 5.74) is 11.3. The molecule has 0 aliphatic heterocycles. The summed E-state index contributed by atoms with van der Waals surface area (Å²) in [6.07, 6.45) is 0.0521. The first-order valence-corrected chi connectivity index (χ1v) is 25.0. The van der Waals surface area contributed by atoms with Gasteiger partial charge >= 0.3 is 0 Å². The second kappa shape index (κ2) is 18.3. The summed E-state index contributed by atoms with van der Waals surface area (Å²) in [6, 6.07) is 47.3. The third kappa shape index (κ3) is 9.43. The van der Waals surface area contributed by atoms with E-state index in [0.29, 0.717) is 39.6 Å². The van der Waals surface area contributed by atoms with Crippen molar-refractivity contribution in [3.05, 3.63) is 162 Å². The Kier molecular flexibility index (Phi) is 11.4. The zero-order valence-corrected chi connectivity index (χ0v) is 41.2. The number of nitrogens with zero attached hydrogens (tertiary/aromatic N) is 4. The van der Waals surface area contributed by atoms with E-state index in [1.165, 1.54) is 27.9 Å². The van der Waals surface area contributed by atoms with Gasteiger partial charge in [0.2, 0.25) is 5.71 Å². The third-order valence-electron chi connectivity index (χ3n) is 11.0. The number of rotatable bonds is 8. The molecule has 9 aromatic rings. The van der Waals surface area contributed by atoms with Crippen molar-refractivity contribution < 1.29 is 31.4 Å². The largest absolute Gasteiger partial charge is 0.486 e. The maximum Gasteiger partial charge on any atom is 0.216 e. The summed E-state index contributed by atoms with van der Waals surface area (Å²) in [5.74, 6) is 1.41. The first-order valence-electron chi connectivity index (χ1n) is 24.0. The molecule has 0 spiro atoms. The van der Waals surface area contributed by atoms with Crippen molar-refractivity contribution in [1.29, 1.82) is 0 Å². The van der Waals surface area contributed by atoms with Crippen molar-refractivity contribution >= 4 is 46.4 Å². The van der Waals surface area contributed by atoms with Crippen molar-refractivity contribution in [3.63, 3.8) is 0 Å². The van der Waals surface area contributed by atoms with Gasteiger partial charge in [-0.05, 0) is 100 Å². The van der Waals surface area contributed by atoms with Gasteiger partial charge in [0, 0.05) is 49.9 Å². The fourth-order valence-corrected chi connectivity index (χ4v) is 9.98.